The van der Waals surface area contributed by atoms with Crippen molar-refractivity contribution in [2.75, 3.05) is 0 Å². The number of pyridine rings is 1. The average Bonchev–Trinajstić information content (AvgIpc) is 2.03. The van der Waals surface area contributed by atoms with E-state index >= 15 is 0 Å². The van der Waals surface area contributed by atoms with Crippen LogP contribution in [0.5, 0.6) is 11.5 Å². The fourth-order valence-corrected chi connectivity index (χ4v) is 0.862. The second-order valence-electron chi connectivity index (χ2n) is 2.82. The van der Waals surface area contributed by atoms with Crippen molar-refractivity contribution in [2.45, 2.75) is 20.0 Å². The molecule has 0 unspecified atom stereocenters. The molecule has 0 spiro atoms. The highest BCUT2D eigenvalue weighted by Gasteiger charge is 2.07. The molecule has 1 aromatic heterocycles. The van der Waals surface area contributed by atoms with Crippen LogP contribution in [0.15, 0.2) is 12.3 Å². The number of hydrogen-bond acceptors (Lipinski definition) is 4. The number of nitrogens with zero attached hydrogens (tertiary/aromatic N) is 2. The number of aromatic hydroxyl groups is 1. The zero-order valence-corrected chi connectivity index (χ0v) is 7.48. The molecule has 68 valence electrons. The average molecular weight is 178 g/mol. The number of ether oxygens (including phenoxy) is 1. The third-order valence-corrected chi connectivity index (χ3v) is 1.31. The van der Waals surface area contributed by atoms with Gasteiger partial charge in [0.1, 0.15) is 11.8 Å². The van der Waals surface area contributed by atoms with Crippen LogP contribution in [0.25, 0.3) is 0 Å². The van der Waals surface area contributed by atoms with Gasteiger partial charge in [-0.1, -0.05) is 0 Å². The molecule has 4 heteroatoms. The van der Waals surface area contributed by atoms with Crippen LogP contribution in [0.4, 0.5) is 0 Å². The van der Waals surface area contributed by atoms with E-state index in [1.165, 1.54) is 12.3 Å². The monoisotopic (exact) mass is 178 g/mol. The van der Waals surface area contributed by atoms with Gasteiger partial charge in [0.15, 0.2) is 11.4 Å². The smallest absolute Gasteiger partial charge is 0.182 e. The lowest BCUT2D eigenvalue weighted by molar-refractivity contribution is 0.239. The molecule has 0 bridgehead atoms. The van der Waals surface area contributed by atoms with Gasteiger partial charge >= 0.3 is 0 Å². The molecule has 4 nitrogen and oxygen atoms in total. The van der Waals surface area contributed by atoms with Gasteiger partial charge in [0, 0.05) is 6.07 Å². The van der Waals surface area contributed by atoms with E-state index in [2.05, 4.69) is 4.98 Å². The predicted molar refractivity (Wildman–Crippen MR) is 46.4 cm³/mol. The van der Waals surface area contributed by atoms with Crippen LogP contribution in [0, 0.1) is 11.3 Å². The van der Waals surface area contributed by atoms with Crippen molar-refractivity contribution in [1.82, 2.24) is 4.98 Å². The predicted octanol–water partition coefficient (Wildman–Crippen LogP) is 1.45. The van der Waals surface area contributed by atoms with Gasteiger partial charge in [0.25, 0.3) is 0 Å². The summed E-state index contributed by atoms with van der Waals surface area (Å²) in [5.74, 6) is 0.312. The lowest BCUT2D eigenvalue weighted by atomic mass is 10.3. The Labute approximate surface area is 76.4 Å². The first-order valence-electron chi connectivity index (χ1n) is 3.89. The highest BCUT2D eigenvalue weighted by Crippen LogP contribution is 2.21. The number of hydrogen-bond donors (Lipinski definition) is 1. The highest BCUT2D eigenvalue weighted by atomic mass is 16.5. The van der Waals surface area contributed by atoms with E-state index in [4.69, 9.17) is 15.1 Å². The van der Waals surface area contributed by atoms with Crippen molar-refractivity contribution in [3.05, 3.63) is 18.0 Å². The van der Waals surface area contributed by atoms with Gasteiger partial charge in [-0.2, -0.15) is 5.26 Å². The molecule has 13 heavy (non-hydrogen) atoms. The second-order valence-corrected chi connectivity index (χ2v) is 2.82. The molecule has 0 fully saturated rings. The van der Waals surface area contributed by atoms with Crippen molar-refractivity contribution < 1.29 is 9.84 Å². The minimum Gasteiger partial charge on any atom is -0.506 e. The van der Waals surface area contributed by atoms with E-state index in [-0.39, 0.29) is 17.5 Å². The topological polar surface area (TPSA) is 66.1 Å². The van der Waals surface area contributed by atoms with Crippen molar-refractivity contribution in [3.63, 3.8) is 0 Å². The van der Waals surface area contributed by atoms with Crippen LogP contribution in [0.1, 0.15) is 19.5 Å². The maximum atomic E-state index is 9.09. The van der Waals surface area contributed by atoms with Crippen LogP contribution in [0.2, 0.25) is 0 Å². The molecule has 1 rings (SSSR count). The summed E-state index contributed by atoms with van der Waals surface area (Å²) < 4.78 is 5.27. The Kier molecular flexibility index (Phi) is 2.70. The van der Waals surface area contributed by atoms with Crippen LogP contribution in [-0.4, -0.2) is 16.2 Å². The summed E-state index contributed by atoms with van der Waals surface area (Å²) >= 11 is 0. The van der Waals surface area contributed by atoms with Gasteiger partial charge in [-0.3, -0.25) is 0 Å². The molecule has 1 aromatic rings. The van der Waals surface area contributed by atoms with Gasteiger partial charge in [-0.15, -0.1) is 0 Å². The van der Waals surface area contributed by atoms with Crippen molar-refractivity contribution >= 4 is 0 Å². The van der Waals surface area contributed by atoms with Gasteiger partial charge in [0.05, 0.1) is 12.3 Å². The summed E-state index contributed by atoms with van der Waals surface area (Å²) in [6, 6.07) is 3.26. The first-order chi connectivity index (χ1) is 6.13. The maximum absolute atomic E-state index is 9.09. The number of aromatic nitrogens is 1. The quantitative estimate of drug-likeness (QED) is 0.744. The molecule has 0 saturated heterocycles. The molecule has 0 atom stereocenters. The zero-order valence-electron chi connectivity index (χ0n) is 7.48. The Balaban J connectivity index is 3.03. The summed E-state index contributed by atoms with van der Waals surface area (Å²) in [6.45, 7) is 3.68. The SMILES string of the molecule is CC(C)Oc1cc(O)cnc1C#N. The van der Waals surface area contributed by atoms with E-state index in [1.807, 2.05) is 19.9 Å². The molecule has 0 aliphatic heterocycles. The Bertz CT molecular complexity index is 342. The van der Waals surface area contributed by atoms with Crippen molar-refractivity contribution in [3.8, 4) is 17.6 Å². The summed E-state index contributed by atoms with van der Waals surface area (Å²) in [5.41, 5.74) is 0.187. The Morgan fingerprint density at radius 1 is 1.62 bits per heavy atom. The Morgan fingerprint density at radius 3 is 2.85 bits per heavy atom. The molecular formula is C9H10N2O2. The molecule has 0 aromatic carbocycles. The molecule has 0 amide bonds. The van der Waals surface area contributed by atoms with E-state index < -0.39 is 0 Å². The highest BCUT2D eigenvalue weighted by molar-refractivity contribution is 5.41. The maximum Gasteiger partial charge on any atom is 0.182 e. The van der Waals surface area contributed by atoms with E-state index in [1.54, 1.807) is 0 Å². The molecule has 1 heterocycles. The molecule has 0 aliphatic carbocycles. The van der Waals surface area contributed by atoms with Crippen LogP contribution in [0.3, 0.4) is 0 Å². The molecule has 0 aliphatic rings. The third kappa shape index (κ3) is 2.34. The number of rotatable bonds is 2. The van der Waals surface area contributed by atoms with Gasteiger partial charge in [-0.25, -0.2) is 4.98 Å². The number of nitriles is 1. The first-order valence-corrected chi connectivity index (χ1v) is 3.89. The lowest BCUT2D eigenvalue weighted by Gasteiger charge is -2.10. The molecule has 0 saturated carbocycles. The summed E-state index contributed by atoms with van der Waals surface area (Å²) in [5, 5.41) is 17.7. The van der Waals surface area contributed by atoms with E-state index in [9.17, 15) is 0 Å². The standard InChI is InChI=1S/C9H10N2O2/c1-6(2)13-9-3-7(12)5-11-8(9)4-10/h3,5-6,12H,1-2H3. The largest absolute Gasteiger partial charge is 0.506 e. The molecule has 0 radical (unpaired) electrons. The summed E-state index contributed by atoms with van der Waals surface area (Å²) in [7, 11) is 0. The van der Waals surface area contributed by atoms with E-state index in [0.29, 0.717) is 5.75 Å². The van der Waals surface area contributed by atoms with Gasteiger partial charge < -0.3 is 9.84 Å². The van der Waals surface area contributed by atoms with Crippen LogP contribution >= 0.6 is 0 Å². The normalized spacial score (nSPS) is 9.69. The summed E-state index contributed by atoms with van der Waals surface area (Å²) in [6.07, 6.45) is 1.17. The Hall–Kier alpha value is -1.76. The minimum absolute atomic E-state index is 0.00495. The van der Waals surface area contributed by atoms with Gasteiger partial charge in [0.2, 0.25) is 0 Å². The fraction of sp³-hybridized carbons (Fsp3) is 0.333. The second kappa shape index (κ2) is 3.76. The third-order valence-electron chi connectivity index (χ3n) is 1.31. The fourth-order valence-electron chi connectivity index (χ4n) is 0.862. The van der Waals surface area contributed by atoms with Crippen LogP contribution in [-0.2, 0) is 0 Å². The molecule has 1 N–H and O–H groups in total. The van der Waals surface area contributed by atoms with Crippen molar-refractivity contribution in [2.24, 2.45) is 0 Å². The van der Waals surface area contributed by atoms with Crippen molar-refractivity contribution in [1.29, 1.82) is 5.26 Å². The van der Waals surface area contributed by atoms with Gasteiger partial charge in [-0.05, 0) is 13.8 Å². The Morgan fingerprint density at radius 2 is 2.31 bits per heavy atom. The molecular weight excluding hydrogens is 168 g/mol. The first kappa shape index (κ1) is 9.33. The zero-order chi connectivity index (χ0) is 9.84. The van der Waals surface area contributed by atoms with Crippen LogP contribution < -0.4 is 4.74 Å². The van der Waals surface area contributed by atoms with E-state index in [0.717, 1.165) is 0 Å². The minimum atomic E-state index is -0.0456. The lowest BCUT2D eigenvalue weighted by Crippen LogP contribution is -2.07. The summed E-state index contributed by atoms with van der Waals surface area (Å²) in [4.78, 5) is 3.71.